The number of rotatable bonds is 5. The van der Waals surface area contributed by atoms with Crippen molar-refractivity contribution in [1.82, 2.24) is 5.32 Å². The van der Waals surface area contributed by atoms with Crippen molar-refractivity contribution in [2.75, 3.05) is 0 Å². The van der Waals surface area contributed by atoms with Gasteiger partial charge in [-0.2, -0.15) is 0 Å². The van der Waals surface area contributed by atoms with Crippen LogP contribution in [-0.4, -0.2) is 24.0 Å². The van der Waals surface area contributed by atoms with Gasteiger partial charge >= 0.3 is 5.97 Å². The third-order valence-corrected chi connectivity index (χ3v) is 3.75. The average Bonchev–Trinajstić information content (AvgIpc) is 3.20. The highest BCUT2D eigenvalue weighted by Gasteiger charge is 2.27. The van der Waals surface area contributed by atoms with Gasteiger partial charge in [0, 0.05) is 17.0 Å². The van der Waals surface area contributed by atoms with Crippen molar-refractivity contribution >= 4 is 22.8 Å². The molecule has 1 saturated carbocycles. The van der Waals surface area contributed by atoms with Crippen LogP contribution in [0.25, 0.3) is 11.0 Å². The maximum Gasteiger partial charge on any atom is 0.311 e. The smallest absolute Gasteiger partial charge is 0.311 e. The molecule has 1 aromatic heterocycles. The van der Waals surface area contributed by atoms with Crippen molar-refractivity contribution in [2.45, 2.75) is 45.3 Å². The van der Waals surface area contributed by atoms with Crippen molar-refractivity contribution in [3.8, 4) is 0 Å². The third kappa shape index (κ3) is 3.30. The fourth-order valence-electron chi connectivity index (χ4n) is 2.32. The molecule has 0 radical (unpaired) electrons. The van der Waals surface area contributed by atoms with Gasteiger partial charge in [0.15, 0.2) is 6.10 Å². The second-order valence-electron chi connectivity index (χ2n) is 5.85. The molecule has 1 fully saturated rings. The Kier molecular flexibility index (Phi) is 3.88. The number of fused-ring (bicyclic) bond motifs is 1. The van der Waals surface area contributed by atoms with Crippen LogP contribution < -0.4 is 5.32 Å². The Morgan fingerprint density at radius 2 is 2.18 bits per heavy atom. The minimum atomic E-state index is -0.770. The lowest BCUT2D eigenvalue weighted by Crippen LogP contribution is -2.37. The molecular weight excluding hydrogens is 282 g/mol. The predicted molar refractivity (Wildman–Crippen MR) is 81.4 cm³/mol. The molecule has 22 heavy (non-hydrogen) atoms. The first-order valence-electron chi connectivity index (χ1n) is 7.49. The Bertz CT molecular complexity index is 715. The zero-order valence-corrected chi connectivity index (χ0v) is 12.7. The Morgan fingerprint density at radius 3 is 2.91 bits per heavy atom. The molecule has 1 heterocycles. The van der Waals surface area contributed by atoms with Crippen LogP contribution in [0.15, 0.2) is 28.9 Å². The van der Waals surface area contributed by atoms with E-state index in [-0.39, 0.29) is 18.4 Å². The van der Waals surface area contributed by atoms with Gasteiger partial charge in [-0.15, -0.1) is 0 Å². The summed E-state index contributed by atoms with van der Waals surface area (Å²) in [6, 6.07) is 6.09. The summed E-state index contributed by atoms with van der Waals surface area (Å²) in [5.41, 5.74) is 2.62. The van der Waals surface area contributed by atoms with Gasteiger partial charge in [0.25, 0.3) is 5.91 Å². The number of hydrogen-bond donors (Lipinski definition) is 1. The maximum atomic E-state index is 12.0. The predicted octanol–water partition coefficient (Wildman–Crippen LogP) is 2.49. The van der Waals surface area contributed by atoms with E-state index in [2.05, 4.69) is 5.32 Å². The Balaban J connectivity index is 1.61. The van der Waals surface area contributed by atoms with Crippen molar-refractivity contribution in [1.29, 1.82) is 0 Å². The Labute approximate surface area is 128 Å². The molecule has 1 aliphatic carbocycles. The van der Waals surface area contributed by atoms with Crippen LogP contribution in [0.1, 0.15) is 30.9 Å². The van der Waals surface area contributed by atoms with Gasteiger partial charge in [0.2, 0.25) is 0 Å². The molecule has 3 rings (SSSR count). The highest BCUT2D eigenvalue weighted by Crippen LogP contribution is 2.23. The molecular formula is C17H19NO4. The summed E-state index contributed by atoms with van der Waals surface area (Å²) >= 11 is 0. The number of furan rings is 1. The first-order chi connectivity index (χ1) is 10.5. The molecule has 5 heteroatoms. The van der Waals surface area contributed by atoms with Crippen LogP contribution in [0.2, 0.25) is 0 Å². The highest BCUT2D eigenvalue weighted by molar-refractivity contribution is 5.88. The molecule has 0 bridgehead atoms. The summed E-state index contributed by atoms with van der Waals surface area (Å²) in [5, 5.41) is 3.72. The topological polar surface area (TPSA) is 68.5 Å². The van der Waals surface area contributed by atoms with Crippen molar-refractivity contribution in [3.63, 3.8) is 0 Å². The number of esters is 1. The molecule has 2 aromatic rings. The number of hydrogen-bond acceptors (Lipinski definition) is 4. The number of ether oxygens (including phenoxy) is 1. The first kappa shape index (κ1) is 14.6. The first-order valence-corrected chi connectivity index (χ1v) is 7.49. The monoisotopic (exact) mass is 301 g/mol. The zero-order valence-electron chi connectivity index (χ0n) is 12.7. The number of amides is 1. The van der Waals surface area contributed by atoms with Crippen LogP contribution in [-0.2, 0) is 20.7 Å². The van der Waals surface area contributed by atoms with Crippen molar-refractivity contribution in [3.05, 3.63) is 35.6 Å². The zero-order chi connectivity index (χ0) is 15.7. The Hall–Kier alpha value is -2.30. The average molecular weight is 301 g/mol. The molecule has 1 aliphatic rings. The number of aryl methyl sites for hydroxylation is 1. The van der Waals surface area contributed by atoms with E-state index < -0.39 is 12.1 Å². The van der Waals surface area contributed by atoms with E-state index in [1.807, 2.05) is 25.1 Å². The maximum absolute atomic E-state index is 12.0. The van der Waals surface area contributed by atoms with Crippen LogP contribution in [0.5, 0.6) is 0 Å². The molecule has 0 saturated heterocycles. The molecule has 1 aromatic carbocycles. The minimum absolute atomic E-state index is 0.0944. The van der Waals surface area contributed by atoms with Crippen molar-refractivity contribution < 1.29 is 18.7 Å². The second kappa shape index (κ2) is 5.83. The molecule has 5 nitrogen and oxygen atoms in total. The van der Waals surface area contributed by atoms with E-state index in [9.17, 15) is 9.59 Å². The molecule has 0 aliphatic heterocycles. The second-order valence-corrected chi connectivity index (χ2v) is 5.85. The van der Waals surface area contributed by atoms with Gasteiger partial charge < -0.3 is 14.5 Å². The summed E-state index contributed by atoms with van der Waals surface area (Å²) in [4.78, 5) is 23.8. The number of nitrogens with one attached hydrogen (secondary N) is 1. The standard InChI is InChI=1S/C17H19NO4/c1-10-3-6-14-12(9-21-15(14)7-10)8-16(19)22-11(2)17(20)18-13-4-5-13/h3,6-7,9,11,13H,4-5,8H2,1-2H3,(H,18,20)/t11-/m0/s1. The largest absolute Gasteiger partial charge is 0.464 e. The fraction of sp³-hybridized carbons (Fsp3) is 0.412. The number of carbonyl (C=O) groups excluding carboxylic acids is 2. The summed E-state index contributed by atoms with van der Waals surface area (Å²) in [6.07, 6.45) is 2.91. The lowest BCUT2D eigenvalue weighted by atomic mass is 10.1. The number of benzene rings is 1. The molecule has 1 N–H and O–H groups in total. The van der Waals surface area contributed by atoms with Gasteiger partial charge in [-0.3, -0.25) is 9.59 Å². The molecule has 0 unspecified atom stereocenters. The third-order valence-electron chi connectivity index (χ3n) is 3.75. The van der Waals surface area contributed by atoms with Crippen LogP contribution >= 0.6 is 0 Å². The quantitative estimate of drug-likeness (QED) is 0.862. The molecule has 116 valence electrons. The Morgan fingerprint density at radius 1 is 1.41 bits per heavy atom. The summed E-state index contributed by atoms with van der Waals surface area (Å²) in [6.45, 7) is 3.57. The SMILES string of the molecule is Cc1ccc2c(CC(=O)O[C@@H](C)C(=O)NC3CC3)coc2c1. The molecule has 1 atom stereocenters. The van der Waals surface area contributed by atoms with Gasteiger partial charge in [0.1, 0.15) is 5.58 Å². The van der Waals surface area contributed by atoms with Crippen LogP contribution in [0.3, 0.4) is 0 Å². The summed E-state index contributed by atoms with van der Waals surface area (Å²) in [5.74, 6) is -0.662. The minimum Gasteiger partial charge on any atom is -0.464 e. The van der Waals surface area contributed by atoms with Crippen LogP contribution in [0, 0.1) is 6.92 Å². The fourth-order valence-corrected chi connectivity index (χ4v) is 2.32. The highest BCUT2D eigenvalue weighted by atomic mass is 16.5. The normalized spacial score (nSPS) is 15.5. The van der Waals surface area contributed by atoms with E-state index in [0.29, 0.717) is 0 Å². The van der Waals surface area contributed by atoms with Gasteiger partial charge in [-0.1, -0.05) is 12.1 Å². The van der Waals surface area contributed by atoms with Gasteiger partial charge in [0.05, 0.1) is 12.7 Å². The number of carbonyl (C=O) groups is 2. The summed E-state index contributed by atoms with van der Waals surface area (Å²) in [7, 11) is 0. The molecule has 1 amide bonds. The van der Waals surface area contributed by atoms with E-state index in [1.54, 1.807) is 13.2 Å². The lowest BCUT2D eigenvalue weighted by Gasteiger charge is -2.12. The van der Waals surface area contributed by atoms with E-state index in [0.717, 1.165) is 34.9 Å². The molecule has 0 spiro atoms. The summed E-state index contributed by atoms with van der Waals surface area (Å²) < 4.78 is 10.7. The lowest BCUT2D eigenvalue weighted by molar-refractivity contribution is -0.154. The van der Waals surface area contributed by atoms with Gasteiger partial charge in [-0.05, 0) is 38.3 Å². The van der Waals surface area contributed by atoms with Crippen LogP contribution in [0.4, 0.5) is 0 Å². The van der Waals surface area contributed by atoms with Gasteiger partial charge in [-0.25, -0.2) is 0 Å². The van der Waals surface area contributed by atoms with E-state index in [1.165, 1.54) is 0 Å². The van der Waals surface area contributed by atoms with E-state index in [4.69, 9.17) is 9.15 Å². The van der Waals surface area contributed by atoms with E-state index >= 15 is 0 Å². The van der Waals surface area contributed by atoms with Crippen molar-refractivity contribution in [2.24, 2.45) is 0 Å².